The molecule has 0 fully saturated rings. The second-order valence-electron chi connectivity index (χ2n) is 9.83. The number of aryl methyl sites for hydroxylation is 1. The zero-order chi connectivity index (χ0) is 24.7. The lowest BCUT2D eigenvalue weighted by Crippen LogP contribution is -2.48. The summed E-state index contributed by atoms with van der Waals surface area (Å²) in [5.41, 5.74) is 3.31. The van der Waals surface area contributed by atoms with Crippen LogP contribution in [-0.2, 0) is 28.8 Å². The predicted molar refractivity (Wildman–Crippen MR) is 127 cm³/mol. The van der Waals surface area contributed by atoms with Crippen LogP contribution < -0.4 is 4.74 Å². The summed E-state index contributed by atoms with van der Waals surface area (Å²) in [6.07, 6.45) is 2.69. The van der Waals surface area contributed by atoms with E-state index in [4.69, 9.17) is 9.47 Å². The van der Waals surface area contributed by atoms with Gasteiger partial charge in [-0.1, -0.05) is 24.3 Å². The van der Waals surface area contributed by atoms with Crippen molar-refractivity contribution in [2.45, 2.75) is 45.1 Å². The molecule has 3 rings (SSSR count). The number of rotatable bonds is 12. The Kier molecular flexibility index (Phi) is 9.03. The molecule has 0 heterocycles. The molecule has 0 bridgehead atoms. The van der Waals surface area contributed by atoms with E-state index < -0.39 is 23.7 Å². The monoisotopic (exact) mass is 476 g/mol. The standard InChI is InChI=1S/C27H36F2NO4/c1-4-33-26(32)10-9-19-15-24(28)27(29)25(16-19)34-18-23(31)17-30(2,3)12-11-20-13-21-7-5-6-8-22(21)14-20/h5-8,15-16,20,23,31H,4,9-14,17-18H2,1-3H3/q+1/t23-/m1/s1. The third kappa shape index (κ3) is 7.50. The summed E-state index contributed by atoms with van der Waals surface area (Å²) in [7, 11) is 4.11. The number of quaternary nitrogens is 1. The minimum atomic E-state index is -1.10. The molecule has 5 nitrogen and oxygen atoms in total. The lowest BCUT2D eigenvalue weighted by atomic mass is 10.0. The molecule has 1 N–H and O–H groups in total. The number of aliphatic hydroxyl groups excluding tert-OH is 1. The highest BCUT2D eigenvalue weighted by molar-refractivity contribution is 5.69. The second kappa shape index (κ2) is 11.8. The highest BCUT2D eigenvalue weighted by atomic mass is 19.2. The summed E-state index contributed by atoms with van der Waals surface area (Å²) < 4.78 is 39.2. The summed E-state index contributed by atoms with van der Waals surface area (Å²) in [5.74, 6) is -2.18. The zero-order valence-corrected chi connectivity index (χ0v) is 20.4. The first-order valence-electron chi connectivity index (χ1n) is 12.0. The minimum Gasteiger partial charge on any atom is -0.487 e. The topological polar surface area (TPSA) is 55.8 Å². The lowest BCUT2D eigenvalue weighted by Gasteiger charge is -2.32. The highest BCUT2D eigenvalue weighted by Gasteiger charge is 2.26. The molecule has 1 atom stereocenters. The second-order valence-corrected chi connectivity index (χ2v) is 9.83. The van der Waals surface area contributed by atoms with E-state index in [-0.39, 0.29) is 31.8 Å². The highest BCUT2D eigenvalue weighted by Crippen LogP contribution is 2.29. The summed E-state index contributed by atoms with van der Waals surface area (Å²) in [6.45, 7) is 3.18. The van der Waals surface area contributed by atoms with Crippen molar-refractivity contribution in [3.05, 3.63) is 64.7 Å². The number of fused-ring (bicyclic) bond motifs is 1. The number of likely N-dealkylation sites (N-methyl/N-ethyl adjacent to an activating group) is 1. The predicted octanol–water partition coefficient (Wildman–Crippen LogP) is 4.08. The van der Waals surface area contributed by atoms with Crippen molar-refractivity contribution in [2.75, 3.05) is 40.4 Å². The lowest BCUT2D eigenvalue weighted by molar-refractivity contribution is -0.894. The van der Waals surface area contributed by atoms with Crippen molar-refractivity contribution in [1.29, 1.82) is 0 Å². The van der Waals surface area contributed by atoms with Crippen LogP contribution in [0.3, 0.4) is 0 Å². The number of carbonyl (C=O) groups is 1. The third-order valence-electron chi connectivity index (χ3n) is 6.39. The molecule has 2 aromatic rings. The molecule has 0 spiro atoms. The Hall–Kier alpha value is -2.51. The molecule has 2 aromatic carbocycles. The van der Waals surface area contributed by atoms with Crippen LogP contribution in [0.2, 0.25) is 0 Å². The summed E-state index contributed by atoms with van der Waals surface area (Å²) in [5, 5.41) is 10.5. The Labute approximate surface area is 200 Å². The average Bonchev–Trinajstić information content (AvgIpc) is 3.21. The van der Waals surface area contributed by atoms with E-state index in [1.54, 1.807) is 6.92 Å². The zero-order valence-electron chi connectivity index (χ0n) is 20.4. The van der Waals surface area contributed by atoms with Crippen molar-refractivity contribution < 1.29 is 32.6 Å². The molecule has 34 heavy (non-hydrogen) atoms. The van der Waals surface area contributed by atoms with Crippen LogP contribution in [0.25, 0.3) is 0 Å². The van der Waals surface area contributed by atoms with Gasteiger partial charge in [0.15, 0.2) is 11.6 Å². The van der Waals surface area contributed by atoms with Crippen LogP contribution in [0.5, 0.6) is 5.75 Å². The van der Waals surface area contributed by atoms with E-state index in [1.165, 1.54) is 17.2 Å². The first kappa shape index (κ1) is 26.1. The van der Waals surface area contributed by atoms with E-state index in [2.05, 4.69) is 38.4 Å². The van der Waals surface area contributed by atoms with Crippen LogP contribution >= 0.6 is 0 Å². The smallest absolute Gasteiger partial charge is 0.306 e. The molecule has 0 saturated heterocycles. The van der Waals surface area contributed by atoms with Crippen LogP contribution in [0.4, 0.5) is 8.78 Å². The Balaban J connectivity index is 1.47. The number of aliphatic hydroxyl groups is 1. The molecule has 0 aromatic heterocycles. The summed E-state index contributed by atoms with van der Waals surface area (Å²) in [6, 6.07) is 11.0. The summed E-state index contributed by atoms with van der Waals surface area (Å²) in [4.78, 5) is 11.5. The van der Waals surface area contributed by atoms with Crippen molar-refractivity contribution in [3.8, 4) is 5.75 Å². The number of esters is 1. The molecule has 0 aliphatic heterocycles. The maximum atomic E-state index is 14.2. The molecule has 1 aliphatic carbocycles. The van der Waals surface area contributed by atoms with Gasteiger partial charge in [0.05, 0.1) is 27.2 Å². The fraction of sp³-hybridized carbons (Fsp3) is 0.519. The van der Waals surface area contributed by atoms with Gasteiger partial charge in [-0.25, -0.2) is 4.39 Å². The van der Waals surface area contributed by atoms with Crippen LogP contribution in [-0.4, -0.2) is 62.1 Å². The fourth-order valence-electron chi connectivity index (χ4n) is 4.63. The Morgan fingerprint density at radius 1 is 1.18 bits per heavy atom. The van der Waals surface area contributed by atoms with Crippen LogP contribution in [0, 0.1) is 17.6 Å². The number of carbonyl (C=O) groups excluding carboxylic acids is 1. The van der Waals surface area contributed by atoms with E-state index in [0.717, 1.165) is 31.9 Å². The molecule has 0 radical (unpaired) electrons. The Morgan fingerprint density at radius 2 is 1.85 bits per heavy atom. The van der Waals surface area contributed by atoms with Gasteiger partial charge in [-0.2, -0.15) is 4.39 Å². The quantitative estimate of drug-likeness (QED) is 0.371. The normalized spacial score (nSPS) is 14.6. The molecule has 7 heteroatoms. The molecular formula is C27H36F2NO4+. The van der Waals surface area contributed by atoms with E-state index in [1.807, 2.05) is 0 Å². The largest absolute Gasteiger partial charge is 0.487 e. The maximum Gasteiger partial charge on any atom is 0.306 e. The van der Waals surface area contributed by atoms with Gasteiger partial charge in [0.1, 0.15) is 19.3 Å². The Bertz CT molecular complexity index is 954. The number of nitrogens with zero attached hydrogens (tertiary/aromatic N) is 1. The minimum absolute atomic E-state index is 0.0682. The van der Waals surface area contributed by atoms with Gasteiger partial charge in [-0.05, 0) is 60.9 Å². The molecule has 0 unspecified atom stereocenters. The van der Waals surface area contributed by atoms with E-state index in [9.17, 15) is 18.7 Å². The number of ether oxygens (including phenoxy) is 2. The molecule has 0 saturated carbocycles. The number of halogens is 2. The molecule has 1 aliphatic rings. The molecule has 186 valence electrons. The van der Waals surface area contributed by atoms with Gasteiger partial charge in [0, 0.05) is 12.8 Å². The average molecular weight is 477 g/mol. The van der Waals surface area contributed by atoms with E-state index in [0.29, 0.717) is 22.5 Å². The molecular weight excluding hydrogens is 440 g/mol. The van der Waals surface area contributed by atoms with Gasteiger partial charge < -0.3 is 19.1 Å². The SMILES string of the molecule is CCOC(=O)CCc1cc(F)c(F)c(OC[C@H](O)C[N+](C)(C)CCC2Cc3ccccc3C2)c1. The van der Waals surface area contributed by atoms with E-state index >= 15 is 0 Å². The van der Waals surface area contributed by atoms with Crippen LogP contribution in [0.1, 0.15) is 36.5 Å². The van der Waals surface area contributed by atoms with Crippen molar-refractivity contribution in [2.24, 2.45) is 5.92 Å². The van der Waals surface area contributed by atoms with Crippen molar-refractivity contribution in [1.82, 2.24) is 0 Å². The van der Waals surface area contributed by atoms with Gasteiger partial charge in [0.2, 0.25) is 5.82 Å². The van der Waals surface area contributed by atoms with Gasteiger partial charge >= 0.3 is 5.97 Å². The van der Waals surface area contributed by atoms with Gasteiger partial charge in [-0.15, -0.1) is 0 Å². The number of benzene rings is 2. The number of hydrogen-bond donors (Lipinski definition) is 1. The van der Waals surface area contributed by atoms with Gasteiger partial charge in [-0.3, -0.25) is 4.79 Å². The molecule has 0 amide bonds. The third-order valence-corrected chi connectivity index (χ3v) is 6.39. The first-order chi connectivity index (χ1) is 16.2. The van der Waals surface area contributed by atoms with Crippen LogP contribution in [0.15, 0.2) is 36.4 Å². The maximum absolute atomic E-state index is 14.2. The number of hydrogen-bond acceptors (Lipinski definition) is 4. The Morgan fingerprint density at radius 3 is 2.50 bits per heavy atom. The first-order valence-corrected chi connectivity index (χ1v) is 12.0. The van der Waals surface area contributed by atoms with Crippen molar-refractivity contribution in [3.63, 3.8) is 0 Å². The summed E-state index contributed by atoms with van der Waals surface area (Å²) >= 11 is 0. The fourth-order valence-corrected chi connectivity index (χ4v) is 4.63. The van der Waals surface area contributed by atoms with Crippen molar-refractivity contribution >= 4 is 5.97 Å². The van der Waals surface area contributed by atoms with Gasteiger partial charge in [0.25, 0.3) is 0 Å².